The van der Waals surface area contributed by atoms with Crippen LogP contribution in [0.5, 0.6) is 0 Å². The van der Waals surface area contributed by atoms with Gasteiger partial charge >= 0.3 is 42.4 Å². The fourth-order valence-corrected chi connectivity index (χ4v) is 0. The van der Waals surface area contributed by atoms with Crippen LogP contribution in [-0.4, -0.2) is 25.8 Å². The number of rotatable bonds is 1. The van der Waals surface area contributed by atoms with Crippen LogP contribution in [0.3, 0.4) is 0 Å². The van der Waals surface area contributed by atoms with Crippen LogP contribution >= 0.6 is 12.4 Å². The first kappa shape index (κ1) is 9.35. The van der Waals surface area contributed by atoms with Gasteiger partial charge in [-0.2, -0.15) is 0 Å². The topological polar surface area (TPSA) is 0 Å². The minimum atomic E-state index is 0. The van der Waals surface area contributed by atoms with Crippen LogP contribution in [-0.2, 0) is 0 Å². The third-order valence-corrected chi connectivity index (χ3v) is 1.27. The van der Waals surface area contributed by atoms with Crippen LogP contribution in [0, 0.1) is 0 Å². The van der Waals surface area contributed by atoms with Gasteiger partial charge in [0, 0.05) is 0 Å². The molecule has 0 rings (SSSR count). The van der Waals surface area contributed by atoms with Crippen molar-refractivity contribution in [3.63, 3.8) is 0 Å². The van der Waals surface area contributed by atoms with Gasteiger partial charge in [-0.1, -0.05) is 0 Å². The standard InChI is InChI=1S/C3H5.ClH.Pb/c1-3-2;;/h3H,1-2H2;1H;. The number of halogens is 1. The molecule has 0 aliphatic heterocycles. The molecule has 5 heavy (non-hydrogen) atoms. The van der Waals surface area contributed by atoms with Gasteiger partial charge in [-0.3, -0.25) is 0 Å². The molecule has 0 aromatic carbocycles. The molecule has 0 nitrogen and oxygen atoms in total. The normalized spacial score (nSPS) is 5.00. The Morgan fingerprint density at radius 1 is 1.80 bits per heavy atom. The summed E-state index contributed by atoms with van der Waals surface area (Å²) in [6.07, 6.45) is 1.94. The van der Waals surface area contributed by atoms with Crippen LogP contribution in [0.4, 0.5) is 0 Å². The van der Waals surface area contributed by atoms with Crippen LogP contribution in [0.2, 0.25) is 3.98 Å². The van der Waals surface area contributed by atoms with E-state index in [1.165, 1.54) is 29.7 Å². The first-order valence-electron chi connectivity index (χ1n) is 1.17. The number of hydrogen-bond acceptors (Lipinski definition) is 0. The molecule has 0 unspecified atom stereocenters. The SMILES string of the molecule is C=C[CH2][Pb].Cl. The second-order valence-electron chi connectivity index (χ2n) is 0.493. The quantitative estimate of drug-likeness (QED) is 0.501. The van der Waals surface area contributed by atoms with Crippen molar-refractivity contribution >= 4 is 38.2 Å². The number of hydrogen-bond donors (Lipinski definition) is 0. The maximum Gasteiger partial charge on any atom is -0.147 e. The molecule has 0 fully saturated rings. The fourth-order valence-electron chi connectivity index (χ4n) is 0. The molecule has 2 heteroatoms. The molecule has 3 radical (unpaired) electrons. The maximum atomic E-state index is 3.51. The minimum absolute atomic E-state index is 0. The van der Waals surface area contributed by atoms with Crippen LogP contribution in [0.1, 0.15) is 0 Å². The van der Waals surface area contributed by atoms with Gasteiger partial charge in [0.2, 0.25) is 0 Å². The van der Waals surface area contributed by atoms with Crippen molar-refractivity contribution in [3.05, 3.63) is 12.7 Å². The van der Waals surface area contributed by atoms with Gasteiger partial charge in [0.15, 0.2) is 0 Å². The van der Waals surface area contributed by atoms with Gasteiger partial charge in [0.25, 0.3) is 0 Å². The van der Waals surface area contributed by atoms with E-state index < -0.39 is 0 Å². The van der Waals surface area contributed by atoms with Gasteiger partial charge in [0.1, 0.15) is 0 Å². The summed E-state index contributed by atoms with van der Waals surface area (Å²) in [6.45, 7) is 3.51. The summed E-state index contributed by atoms with van der Waals surface area (Å²) in [6, 6.07) is 0. The summed E-state index contributed by atoms with van der Waals surface area (Å²) in [5, 5.41) is 0. The Hall–Kier alpha value is 0.952. The zero-order valence-electron chi connectivity index (χ0n) is 2.90. The van der Waals surface area contributed by atoms with E-state index in [0.717, 1.165) is 0 Å². The molecule has 0 amide bonds. The predicted molar refractivity (Wildman–Crippen MR) is 28.0 cm³/mol. The molecule has 0 atom stereocenters. The zero-order valence-corrected chi connectivity index (χ0v) is 7.60. The van der Waals surface area contributed by atoms with E-state index in [9.17, 15) is 0 Å². The van der Waals surface area contributed by atoms with E-state index in [2.05, 4.69) is 6.58 Å². The first-order valence-corrected chi connectivity index (χ1v) is 3.92. The Morgan fingerprint density at radius 2 is 2.00 bits per heavy atom. The molecule has 0 saturated carbocycles. The van der Waals surface area contributed by atoms with Crippen LogP contribution in [0.25, 0.3) is 0 Å². The first-order chi connectivity index (χ1) is 1.91. The number of allylic oxidation sites excluding steroid dienone is 1. The molecule has 0 heterocycles. The summed E-state index contributed by atoms with van der Waals surface area (Å²) in [7, 11) is 0. The zero-order chi connectivity index (χ0) is 3.41. The summed E-state index contributed by atoms with van der Waals surface area (Å²) in [5.41, 5.74) is 0. The third kappa shape index (κ3) is 11.3. The molecule has 29 valence electrons. The average molecular weight is 285 g/mol. The van der Waals surface area contributed by atoms with Gasteiger partial charge in [-0.05, 0) is 0 Å². The summed E-state index contributed by atoms with van der Waals surface area (Å²) >= 11 is 1.27. The Labute approximate surface area is 54.7 Å². The molecule has 0 aromatic heterocycles. The minimum Gasteiger partial charge on any atom is -0.147 e. The van der Waals surface area contributed by atoms with E-state index >= 15 is 0 Å². The van der Waals surface area contributed by atoms with Crippen LogP contribution in [0.15, 0.2) is 12.7 Å². The Kier molecular flexibility index (Phi) is 16.6. The van der Waals surface area contributed by atoms with Crippen molar-refractivity contribution in [1.29, 1.82) is 0 Å². The van der Waals surface area contributed by atoms with Gasteiger partial charge in [0.05, 0.1) is 0 Å². The molecule has 0 N–H and O–H groups in total. The Balaban J connectivity index is 0. The van der Waals surface area contributed by atoms with Gasteiger partial charge < -0.3 is 0 Å². The molecular formula is C3H6ClPb. The van der Waals surface area contributed by atoms with E-state index in [4.69, 9.17) is 0 Å². The second kappa shape index (κ2) is 8.88. The average Bonchev–Trinajstić information content (AvgIpc) is 1.37. The van der Waals surface area contributed by atoms with E-state index in [1.807, 2.05) is 6.08 Å². The van der Waals surface area contributed by atoms with Crippen molar-refractivity contribution in [1.82, 2.24) is 0 Å². The van der Waals surface area contributed by atoms with Crippen molar-refractivity contribution in [3.8, 4) is 0 Å². The Morgan fingerprint density at radius 3 is 2.00 bits per heavy atom. The molecule has 0 aliphatic rings. The summed E-state index contributed by atoms with van der Waals surface area (Å²) < 4.78 is 1.22. The molecule has 0 saturated heterocycles. The summed E-state index contributed by atoms with van der Waals surface area (Å²) in [5.74, 6) is 0. The predicted octanol–water partition coefficient (Wildman–Crippen LogP) is 1.18. The van der Waals surface area contributed by atoms with Crippen molar-refractivity contribution in [2.75, 3.05) is 0 Å². The monoisotopic (exact) mass is 285 g/mol. The molecule has 0 aliphatic carbocycles. The fraction of sp³-hybridized carbons (Fsp3) is 0.333. The van der Waals surface area contributed by atoms with Crippen molar-refractivity contribution in [2.24, 2.45) is 0 Å². The molecule has 0 bridgehead atoms. The van der Waals surface area contributed by atoms with E-state index in [1.54, 1.807) is 0 Å². The van der Waals surface area contributed by atoms with Crippen molar-refractivity contribution < 1.29 is 0 Å². The van der Waals surface area contributed by atoms with Crippen LogP contribution < -0.4 is 0 Å². The third-order valence-electron chi connectivity index (χ3n) is 0.144. The smallest absolute Gasteiger partial charge is 0.147 e. The largest absolute Gasteiger partial charge is 0.147 e. The van der Waals surface area contributed by atoms with Gasteiger partial charge in [-0.15, -0.1) is 12.4 Å². The second-order valence-corrected chi connectivity index (χ2v) is 2.08. The van der Waals surface area contributed by atoms with Gasteiger partial charge in [-0.25, -0.2) is 0 Å². The summed E-state index contributed by atoms with van der Waals surface area (Å²) in [4.78, 5) is 0. The molecule has 0 aromatic rings. The maximum absolute atomic E-state index is 3.51. The van der Waals surface area contributed by atoms with E-state index in [-0.39, 0.29) is 12.4 Å². The van der Waals surface area contributed by atoms with Crippen molar-refractivity contribution in [2.45, 2.75) is 3.98 Å². The molecular weight excluding hydrogens is 279 g/mol. The molecule has 0 spiro atoms. The Bertz CT molecular complexity index is 20.9. The van der Waals surface area contributed by atoms with E-state index in [0.29, 0.717) is 0 Å².